The summed E-state index contributed by atoms with van der Waals surface area (Å²) in [7, 11) is 0. The van der Waals surface area contributed by atoms with Crippen LogP contribution in [0.2, 0.25) is 0 Å². The molecule has 0 saturated heterocycles. The second-order valence-corrected chi connectivity index (χ2v) is 7.52. The maximum Gasteiger partial charge on any atom is 0.223 e. The van der Waals surface area contributed by atoms with Crippen molar-refractivity contribution in [1.29, 1.82) is 0 Å². The quantitative estimate of drug-likeness (QED) is 0.697. The van der Waals surface area contributed by atoms with E-state index in [0.717, 1.165) is 45.1 Å². The molecule has 1 atom stereocenters. The molecule has 0 aromatic carbocycles. The van der Waals surface area contributed by atoms with Crippen LogP contribution < -0.4 is 10.6 Å². The van der Waals surface area contributed by atoms with E-state index in [9.17, 15) is 9.59 Å². The molecule has 1 unspecified atom stereocenters. The van der Waals surface area contributed by atoms with E-state index in [1.54, 1.807) is 0 Å². The van der Waals surface area contributed by atoms with Crippen molar-refractivity contribution in [1.82, 2.24) is 10.6 Å². The van der Waals surface area contributed by atoms with Gasteiger partial charge in [0.05, 0.1) is 0 Å². The third-order valence-electron chi connectivity index (χ3n) is 5.60. The molecule has 0 spiro atoms. The molecular formula is C20H34N2O2. The van der Waals surface area contributed by atoms with E-state index in [4.69, 9.17) is 0 Å². The van der Waals surface area contributed by atoms with Crippen LogP contribution >= 0.6 is 0 Å². The van der Waals surface area contributed by atoms with Crippen LogP contribution in [0.1, 0.15) is 78.1 Å². The van der Waals surface area contributed by atoms with E-state index in [2.05, 4.69) is 23.6 Å². The first-order valence-electron chi connectivity index (χ1n) is 9.86. The average Bonchev–Trinajstić information content (AvgIpc) is 2.62. The van der Waals surface area contributed by atoms with Crippen molar-refractivity contribution < 1.29 is 9.59 Å². The molecule has 4 nitrogen and oxygen atoms in total. The van der Waals surface area contributed by atoms with Crippen LogP contribution in [0.3, 0.4) is 0 Å². The highest BCUT2D eigenvalue weighted by molar-refractivity contribution is 5.81. The largest absolute Gasteiger partial charge is 0.356 e. The van der Waals surface area contributed by atoms with Crippen LogP contribution in [-0.4, -0.2) is 24.4 Å². The Balaban J connectivity index is 1.65. The highest BCUT2D eigenvalue weighted by Crippen LogP contribution is 2.29. The second kappa shape index (κ2) is 9.85. The number of carbonyl (C=O) groups is 2. The normalized spacial score (nSPS) is 25.5. The molecule has 0 heterocycles. The molecule has 1 saturated carbocycles. The first-order valence-corrected chi connectivity index (χ1v) is 9.86. The Kier molecular flexibility index (Phi) is 7.80. The van der Waals surface area contributed by atoms with Crippen LogP contribution in [0.5, 0.6) is 0 Å². The highest BCUT2D eigenvalue weighted by atomic mass is 16.2. The fourth-order valence-electron chi connectivity index (χ4n) is 3.70. The zero-order valence-corrected chi connectivity index (χ0v) is 15.4. The van der Waals surface area contributed by atoms with Gasteiger partial charge in [-0.25, -0.2) is 0 Å². The van der Waals surface area contributed by atoms with E-state index in [1.165, 1.54) is 31.3 Å². The zero-order chi connectivity index (χ0) is 17.4. The minimum absolute atomic E-state index is 0.0930. The summed E-state index contributed by atoms with van der Waals surface area (Å²) in [6.07, 6.45) is 12.7. The lowest BCUT2D eigenvalue weighted by molar-refractivity contribution is -0.130. The molecule has 0 aromatic rings. The lowest BCUT2D eigenvalue weighted by atomic mass is 9.81. The first-order chi connectivity index (χ1) is 11.6. The molecule has 1 fully saturated rings. The van der Waals surface area contributed by atoms with Gasteiger partial charge >= 0.3 is 0 Å². The number of hydrogen-bond acceptors (Lipinski definition) is 2. The molecule has 0 bridgehead atoms. The van der Waals surface area contributed by atoms with Gasteiger partial charge in [-0.05, 0) is 71.1 Å². The van der Waals surface area contributed by atoms with Crippen molar-refractivity contribution in [2.24, 2.45) is 11.8 Å². The van der Waals surface area contributed by atoms with Crippen molar-refractivity contribution >= 4 is 11.8 Å². The van der Waals surface area contributed by atoms with Crippen LogP contribution in [0.4, 0.5) is 0 Å². The van der Waals surface area contributed by atoms with Gasteiger partial charge in [0, 0.05) is 24.4 Å². The summed E-state index contributed by atoms with van der Waals surface area (Å²) in [6.45, 7) is 4.88. The average molecular weight is 335 g/mol. The molecule has 2 aliphatic rings. The molecule has 2 rings (SSSR count). The van der Waals surface area contributed by atoms with Gasteiger partial charge in [-0.15, -0.1) is 0 Å². The van der Waals surface area contributed by atoms with Crippen molar-refractivity contribution in [3.8, 4) is 0 Å². The van der Waals surface area contributed by atoms with E-state index < -0.39 is 0 Å². The number of amides is 2. The Bertz CT molecular complexity index is 451. The van der Waals surface area contributed by atoms with Gasteiger partial charge in [-0.1, -0.05) is 18.6 Å². The summed E-state index contributed by atoms with van der Waals surface area (Å²) in [5.74, 6) is 0.549. The van der Waals surface area contributed by atoms with Gasteiger partial charge in [-0.3, -0.25) is 9.59 Å². The summed E-state index contributed by atoms with van der Waals surface area (Å²) in [6, 6.07) is 0.243. The van der Waals surface area contributed by atoms with E-state index in [-0.39, 0.29) is 29.7 Å². The molecule has 0 aromatic heterocycles. The summed E-state index contributed by atoms with van der Waals surface area (Å²) < 4.78 is 0. The maximum atomic E-state index is 12.3. The minimum Gasteiger partial charge on any atom is -0.356 e. The Hall–Kier alpha value is -1.32. The molecule has 0 aliphatic heterocycles. The molecule has 0 radical (unpaired) electrons. The smallest absolute Gasteiger partial charge is 0.223 e. The Morgan fingerprint density at radius 2 is 1.79 bits per heavy atom. The molecule has 2 N–H and O–H groups in total. The minimum atomic E-state index is 0.0930. The molecule has 136 valence electrons. The fourth-order valence-corrected chi connectivity index (χ4v) is 3.70. The molecular weight excluding hydrogens is 300 g/mol. The highest BCUT2D eigenvalue weighted by Gasteiger charge is 2.30. The zero-order valence-electron chi connectivity index (χ0n) is 15.4. The predicted octanol–water partition coefficient (Wildman–Crippen LogP) is 3.71. The fraction of sp³-hybridized carbons (Fsp3) is 0.800. The van der Waals surface area contributed by atoms with E-state index >= 15 is 0 Å². The lowest BCUT2D eigenvalue weighted by Gasteiger charge is -2.28. The number of nitrogens with one attached hydrogen (secondary N) is 2. The maximum absolute atomic E-state index is 12.3. The summed E-state index contributed by atoms with van der Waals surface area (Å²) in [4.78, 5) is 24.5. The second-order valence-electron chi connectivity index (χ2n) is 7.52. The van der Waals surface area contributed by atoms with Gasteiger partial charge in [0.15, 0.2) is 0 Å². The Labute approximate surface area is 146 Å². The van der Waals surface area contributed by atoms with Crippen LogP contribution in [0.15, 0.2) is 11.6 Å². The van der Waals surface area contributed by atoms with Crippen LogP contribution in [-0.2, 0) is 9.59 Å². The van der Waals surface area contributed by atoms with Crippen molar-refractivity contribution in [2.45, 2.75) is 84.1 Å². The van der Waals surface area contributed by atoms with E-state index in [0.29, 0.717) is 0 Å². The van der Waals surface area contributed by atoms with Crippen molar-refractivity contribution in [3.63, 3.8) is 0 Å². The number of hydrogen-bond donors (Lipinski definition) is 2. The standard InChI is InChI=1S/C20H34N2O2/c1-3-15(2)22-20(24)18-11-9-17(10-12-18)19(23)21-14-13-16-7-5-4-6-8-16/h7,15,17-18H,3-6,8-14H2,1-2H3,(H,21,23)(H,22,24). The molecule has 2 amide bonds. The number of allylic oxidation sites excluding steroid dienone is 1. The number of rotatable bonds is 7. The number of carbonyl (C=O) groups excluding carboxylic acids is 2. The Morgan fingerprint density at radius 1 is 1.12 bits per heavy atom. The van der Waals surface area contributed by atoms with Gasteiger partial charge in [0.1, 0.15) is 0 Å². The topological polar surface area (TPSA) is 58.2 Å². The summed E-state index contributed by atoms with van der Waals surface area (Å²) in [5.41, 5.74) is 1.51. The van der Waals surface area contributed by atoms with Crippen LogP contribution in [0.25, 0.3) is 0 Å². The van der Waals surface area contributed by atoms with Crippen molar-refractivity contribution in [2.75, 3.05) is 6.54 Å². The van der Waals surface area contributed by atoms with Gasteiger partial charge in [0.25, 0.3) is 0 Å². The first kappa shape index (κ1) is 19.0. The monoisotopic (exact) mass is 334 g/mol. The van der Waals surface area contributed by atoms with Gasteiger partial charge in [-0.2, -0.15) is 0 Å². The van der Waals surface area contributed by atoms with Gasteiger partial charge < -0.3 is 10.6 Å². The Morgan fingerprint density at radius 3 is 2.38 bits per heavy atom. The molecule has 24 heavy (non-hydrogen) atoms. The summed E-state index contributed by atoms with van der Waals surface area (Å²) >= 11 is 0. The third-order valence-corrected chi connectivity index (χ3v) is 5.60. The van der Waals surface area contributed by atoms with Crippen molar-refractivity contribution in [3.05, 3.63) is 11.6 Å². The molecule has 2 aliphatic carbocycles. The van der Waals surface area contributed by atoms with E-state index in [1.807, 2.05) is 6.92 Å². The lowest BCUT2D eigenvalue weighted by Crippen LogP contribution is -2.40. The third kappa shape index (κ3) is 5.95. The SMILES string of the molecule is CCC(C)NC(=O)C1CCC(C(=O)NCCC2=CCCCC2)CC1. The predicted molar refractivity (Wildman–Crippen MR) is 97.5 cm³/mol. The molecule has 4 heteroatoms. The van der Waals surface area contributed by atoms with Gasteiger partial charge in [0.2, 0.25) is 11.8 Å². The van der Waals surface area contributed by atoms with Crippen LogP contribution in [0, 0.1) is 11.8 Å². The summed E-state index contributed by atoms with van der Waals surface area (Å²) in [5, 5.41) is 6.17.